The number of ether oxygens (including phenoxy) is 2. The molecule has 0 spiro atoms. The summed E-state index contributed by atoms with van der Waals surface area (Å²) in [5, 5.41) is 0.728. The summed E-state index contributed by atoms with van der Waals surface area (Å²) in [6, 6.07) is 10.5. The number of fused-ring (bicyclic) bond motifs is 1. The van der Waals surface area contributed by atoms with Crippen LogP contribution < -0.4 is 20.1 Å². The van der Waals surface area contributed by atoms with Gasteiger partial charge in [-0.3, -0.25) is 9.69 Å². The number of halogens is 2. The van der Waals surface area contributed by atoms with Gasteiger partial charge in [-0.15, -0.1) is 0 Å². The van der Waals surface area contributed by atoms with Crippen molar-refractivity contribution in [3.8, 4) is 22.8 Å². The summed E-state index contributed by atoms with van der Waals surface area (Å²) in [5.41, 5.74) is 8.37. The third-order valence-electron chi connectivity index (χ3n) is 4.66. The Morgan fingerprint density at radius 2 is 1.69 bits per heavy atom. The summed E-state index contributed by atoms with van der Waals surface area (Å²) < 4.78 is 10.7. The van der Waals surface area contributed by atoms with Gasteiger partial charge in [0.1, 0.15) is 17.2 Å². The lowest BCUT2D eigenvalue weighted by atomic mass is 10.1. The first-order chi connectivity index (χ1) is 13.9. The molecule has 9 heteroatoms. The number of carbonyl (C=O) groups excluding carboxylic acids is 1. The maximum absolute atomic E-state index is 13.1. The number of carbonyl (C=O) groups is 1. The van der Waals surface area contributed by atoms with E-state index in [1.807, 2.05) is 12.1 Å². The molecule has 4 rings (SSSR count). The summed E-state index contributed by atoms with van der Waals surface area (Å²) in [6.07, 6.45) is 0. The molecule has 3 aromatic rings. The van der Waals surface area contributed by atoms with E-state index in [9.17, 15) is 4.79 Å². The molecule has 29 heavy (non-hydrogen) atoms. The molecule has 0 unspecified atom stereocenters. The van der Waals surface area contributed by atoms with Gasteiger partial charge in [-0.2, -0.15) is 0 Å². The predicted molar refractivity (Wildman–Crippen MR) is 112 cm³/mol. The number of amides is 1. The van der Waals surface area contributed by atoms with E-state index < -0.39 is 0 Å². The van der Waals surface area contributed by atoms with Crippen molar-refractivity contribution in [3.63, 3.8) is 0 Å². The minimum atomic E-state index is -0.295. The summed E-state index contributed by atoms with van der Waals surface area (Å²) >= 11 is 12.6. The van der Waals surface area contributed by atoms with Crippen LogP contribution >= 0.6 is 23.2 Å². The summed E-state index contributed by atoms with van der Waals surface area (Å²) in [6.45, 7) is 0.241. The molecule has 7 nitrogen and oxygen atoms in total. The highest BCUT2D eigenvalue weighted by Crippen LogP contribution is 2.41. The van der Waals surface area contributed by atoms with Crippen LogP contribution in [0.3, 0.4) is 0 Å². The fraction of sp³-hybridized carbons (Fsp3) is 0.150. The van der Waals surface area contributed by atoms with Crippen molar-refractivity contribution in [2.75, 3.05) is 24.9 Å². The number of rotatable bonds is 4. The summed E-state index contributed by atoms with van der Waals surface area (Å²) in [5.74, 6) is 0.682. The van der Waals surface area contributed by atoms with Gasteiger partial charge in [0.2, 0.25) is 5.95 Å². The topological polar surface area (TPSA) is 90.6 Å². The summed E-state index contributed by atoms with van der Waals surface area (Å²) in [4.78, 5) is 23.2. The molecule has 0 bridgehead atoms. The van der Waals surface area contributed by atoms with Crippen LogP contribution in [0.15, 0.2) is 36.4 Å². The van der Waals surface area contributed by atoms with Crippen LogP contribution in [0.25, 0.3) is 11.3 Å². The highest BCUT2D eigenvalue weighted by Gasteiger charge is 2.35. The van der Waals surface area contributed by atoms with Crippen molar-refractivity contribution in [3.05, 3.63) is 57.7 Å². The van der Waals surface area contributed by atoms with Gasteiger partial charge < -0.3 is 15.2 Å². The molecule has 2 N–H and O–H groups in total. The largest absolute Gasteiger partial charge is 0.495 e. The number of nitrogen functional groups attached to an aromatic ring is 1. The van der Waals surface area contributed by atoms with Gasteiger partial charge in [0.05, 0.1) is 42.2 Å². The van der Waals surface area contributed by atoms with Gasteiger partial charge >= 0.3 is 0 Å². The number of para-hydroxylation sites is 2. The van der Waals surface area contributed by atoms with Crippen molar-refractivity contribution in [1.29, 1.82) is 0 Å². The lowest BCUT2D eigenvalue weighted by molar-refractivity contribution is 0.0992. The van der Waals surface area contributed by atoms with E-state index in [4.69, 9.17) is 38.4 Å². The smallest absolute Gasteiger partial charge is 0.277 e. The molecular weight excluding hydrogens is 415 g/mol. The Morgan fingerprint density at radius 3 is 2.41 bits per heavy atom. The van der Waals surface area contributed by atoms with E-state index in [2.05, 4.69) is 9.97 Å². The molecule has 2 aromatic carbocycles. The second kappa shape index (κ2) is 7.42. The van der Waals surface area contributed by atoms with E-state index in [1.54, 1.807) is 36.3 Å². The third kappa shape index (κ3) is 3.22. The number of aromatic nitrogens is 2. The number of nitrogens with two attached hydrogens (primary N) is 1. The average molecular weight is 431 g/mol. The molecule has 0 aliphatic carbocycles. The molecule has 1 aromatic heterocycles. The molecule has 1 aliphatic rings. The third-order valence-corrected chi connectivity index (χ3v) is 5.27. The van der Waals surface area contributed by atoms with Gasteiger partial charge in [-0.25, -0.2) is 9.97 Å². The Labute approximate surface area is 177 Å². The van der Waals surface area contributed by atoms with Crippen molar-refractivity contribution in [2.24, 2.45) is 0 Å². The molecule has 0 saturated carbocycles. The normalized spacial score (nSPS) is 12.8. The van der Waals surface area contributed by atoms with E-state index >= 15 is 0 Å². The van der Waals surface area contributed by atoms with E-state index in [0.29, 0.717) is 44.1 Å². The standard InChI is InChI=1S/C20H16Cl2N4O3/c1-28-15-6-4-3-5-14(15)26-9-11-17(24-20(23)25-18(11)19(26)27)10-7-16(29-2)13(22)8-12(10)21/h3-8H,9H2,1-2H3,(H2,23,24,25). The van der Waals surface area contributed by atoms with Crippen LogP contribution in [-0.4, -0.2) is 30.1 Å². The van der Waals surface area contributed by atoms with Gasteiger partial charge in [0.25, 0.3) is 5.91 Å². The van der Waals surface area contributed by atoms with Crippen molar-refractivity contribution in [1.82, 2.24) is 9.97 Å². The molecule has 2 heterocycles. The molecule has 0 fully saturated rings. The summed E-state index contributed by atoms with van der Waals surface area (Å²) in [7, 11) is 3.06. The number of hydrogen-bond donors (Lipinski definition) is 1. The second-order valence-electron chi connectivity index (χ2n) is 6.29. The van der Waals surface area contributed by atoms with Crippen LogP contribution in [0.2, 0.25) is 10.0 Å². The first kappa shape index (κ1) is 19.3. The SMILES string of the molecule is COc1cc(-c2nc(N)nc3c2CN(c2ccccc2OC)C3=O)c(Cl)cc1Cl. The maximum Gasteiger partial charge on any atom is 0.277 e. The molecule has 148 valence electrons. The van der Waals surface area contributed by atoms with E-state index in [0.717, 1.165) is 0 Å². The highest BCUT2D eigenvalue weighted by atomic mass is 35.5. The molecule has 0 saturated heterocycles. The van der Waals surface area contributed by atoms with E-state index in [1.165, 1.54) is 7.11 Å². The first-order valence-corrected chi connectivity index (χ1v) is 9.34. The second-order valence-corrected chi connectivity index (χ2v) is 7.10. The fourth-order valence-electron chi connectivity index (χ4n) is 3.32. The number of anilines is 2. The number of hydrogen-bond acceptors (Lipinski definition) is 6. The van der Waals surface area contributed by atoms with Gasteiger partial charge in [0, 0.05) is 11.1 Å². The van der Waals surface area contributed by atoms with Crippen molar-refractivity contribution in [2.45, 2.75) is 6.54 Å². The predicted octanol–water partition coefficient (Wildman–Crippen LogP) is 4.21. The quantitative estimate of drug-likeness (QED) is 0.666. The van der Waals surface area contributed by atoms with Crippen LogP contribution in [0, 0.1) is 0 Å². The van der Waals surface area contributed by atoms with Crippen molar-refractivity contribution >= 4 is 40.7 Å². The van der Waals surface area contributed by atoms with Crippen LogP contribution in [-0.2, 0) is 6.54 Å². The number of methoxy groups -OCH3 is 2. The van der Waals surface area contributed by atoms with Crippen molar-refractivity contribution < 1.29 is 14.3 Å². The Kier molecular flexibility index (Phi) is 4.94. The number of benzene rings is 2. The Hall–Kier alpha value is -3.03. The lowest BCUT2D eigenvalue weighted by Gasteiger charge is -2.18. The van der Waals surface area contributed by atoms with E-state index in [-0.39, 0.29) is 24.1 Å². The molecule has 1 amide bonds. The zero-order chi connectivity index (χ0) is 20.7. The van der Waals surface area contributed by atoms with Crippen LogP contribution in [0.5, 0.6) is 11.5 Å². The monoisotopic (exact) mass is 430 g/mol. The number of nitrogens with zero attached hydrogens (tertiary/aromatic N) is 3. The van der Waals surface area contributed by atoms with Gasteiger partial charge in [0.15, 0.2) is 0 Å². The highest BCUT2D eigenvalue weighted by molar-refractivity contribution is 6.37. The molecular formula is C20H16Cl2N4O3. The minimum Gasteiger partial charge on any atom is -0.495 e. The molecule has 0 atom stereocenters. The van der Waals surface area contributed by atoms with Crippen LogP contribution in [0.4, 0.5) is 11.6 Å². The average Bonchev–Trinajstić information content (AvgIpc) is 3.04. The fourth-order valence-corrected chi connectivity index (χ4v) is 3.87. The molecule has 0 radical (unpaired) electrons. The zero-order valence-corrected chi connectivity index (χ0v) is 17.1. The maximum atomic E-state index is 13.1. The lowest BCUT2D eigenvalue weighted by Crippen LogP contribution is -2.24. The Morgan fingerprint density at radius 1 is 1.00 bits per heavy atom. The Balaban J connectivity index is 1.88. The minimum absolute atomic E-state index is 0.0287. The van der Waals surface area contributed by atoms with Crippen LogP contribution in [0.1, 0.15) is 16.1 Å². The first-order valence-electron chi connectivity index (χ1n) is 8.59. The van der Waals surface area contributed by atoms with Gasteiger partial charge in [-0.05, 0) is 24.3 Å². The zero-order valence-electron chi connectivity index (χ0n) is 15.6. The molecule has 1 aliphatic heterocycles. The van der Waals surface area contributed by atoms with Gasteiger partial charge in [-0.1, -0.05) is 35.3 Å². The Bertz CT molecular complexity index is 1140.